The average molecular weight is 261 g/mol. The zero-order valence-electron chi connectivity index (χ0n) is 9.86. The van der Waals surface area contributed by atoms with Crippen molar-refractivity contribution in [2.24, 2.45) is 0 Å². The van der Waals surface area contributed by atoms with E-state index in [1.807, 2.05) is 0 Å². The van der Waals surface area contributed by atoms with Gasteiger partial charge in [-0.1, -0.05) is 0 Å². The van der Waals surface area contributed by atoms with Crippen LogP contribution >= 0.6 is 0 Å². The summed E-state index contributed by atoms with van der Waals surface area (Å²) < 4.78 is 42.0. The number of nitrogens with one attached hydrogen (secondary N) is 1. The van der Waals surface area contributed by atoms with Gasteiger partial charge in [0.1, 0.15) is 0 Å². The second-order valence-corrected chi connectivity index (χ2v) is 5.56. The molecule has 0 fully saturated rings. The van der Waals surface area contributed by atoms with Crippen molar-refractivity contribution in [3.05, 3.63) is 24.0 Å². The van der Waals surface area contributed by atoms with Crippen LogP contribution in [-0.4, -0.2) is 34.4 Å². The highest BCUT2D eigenvalue weighted by Gasteiger charge is 2.16. The summed E-state index contributed by atoms with van der Waals surface area (Å²) >= 11 is 0. The molecule has 6 heteroatoms. The average Bonchev–Trinajstić information content (AvgIpc) is 2.29. The lowest BCUT2D eigenvalue weighted by molar-refractivity contribution is 0.321. The lowest BCUT2D eigenvalue weighted by atomic mass is 10.3. The van der Waals surface area contributed by atoms with Crippen LogP contribution < -0.4 is 10.1 Å². The van der Waals surface area contributed by atoms with Crippen molar-refractivity contribution in [1.82, 2.24) is 5.32 Å². The minimum atomic E-state index is -3.43. The standard InChI is InChI=1S/C11H16FNO3S/c1-3-16-11-5-4-9(8-10(11)12)17(14,15)7-6-13-2/h4-5,8,13H,3,6-7H2,1-2H3. The topological polar surface area (TPSA) is 55.4 Å². The predicted molar refractivity (Wildman–Crippen MR) is 63.5 cm³/mol. The fourth-order valence-corrected chi connectivity index (χ4v) is 2.57. The first-order chi connectivity index (χ1) is 8.01. The summed E-state index contributed by atoms with van der Waals surface area (Å²) in [4.78, 5) is -0.0197. The maximum absolute atomic E-state index is 13.5. The Morgan fingerprint density at radius 1 is 1.41 bits per heavy atom. The van der Waals surface area contributed by atoms with Gasteiger partial charge < -0.3 is 10.1 Å². The van der Waals surface area contributed by atoms with Crippen LogP contribution in [0.25, 0.3) is 0 Å². The van der Waals surface area contributed by atoms with Gasteiger partial charge in [-0.3, -0.25) is 0 Å². The largest absolute Gasteiger partial charge is 0.491 e. The number of sulfone groups is 1. The van der Waals surface area contributed by atoms with Crippen molar-refractivity contribution in [3.63, 3.8) is 0 Å². The summed E-state index contributed by atoms with van der Waals surface area (Å²) in [7, 11) is -1.77. The van der Waals surface area contributed by atoms with Crippen molar-refractivity contribution in [2.45, 2.75) is 11.8 Å². The molecule has 0 unspecified atom stereocenters. The van der Waals surface area contributed by atoms with Gasteiger partial charge in [0.2, 0.25) is 0 Å². The van der Waals surface area contributed by atoms with E-state index in [4.69, 9.17) is 4.74 Å². The third-order valence-electron chi connectivity index (χ3n) is 2.18. The smallest absolute Gasteiger partial charge is 0.179 e. The molecule has 0 aliphatic carbocycles. The van der Waals surface area contributed by atoms with Crippen molar-refractivity contribution in [3.8, 4) is 5.75 Å². The van der Waals surface area contributed by atoms with E-state index in [0.717, 1.165) is 6.07 Å². The summed E-state index contributed by atoms with van der Waals surface area (Å²) in [6, 6.07) is 3.69. The van der Waals surface area contributed by atoms with Gasteiger partial charge >= 0.3 is 0 Å². The maximum atomic E-state index is 13.5. The normalized spacial score (nSPS) is 11.5. The van der Waals surface area contributed by atoms with Crippen LogP contribution in [0.15, 0.2) is 23.1 Å². The first-order valence-corrected chi connectivity index (χ1v) is 6.96. The SMILES string of the molecule is CCOc1ccc(S(=O)(=O)CCNC)cc1F. The van der Waals surface area contributed by atoms with E-state index in [1.165, 1.54) is 12.1 Å². The summed E-state index contributed by atoms with van der Waals surface area (Å²) in [6.07, 6.45) is 0. The van der Waals surface area contributed by atoms with Gasteiger partial charge in [0, 0.05) is 6.54 Å². The highest BCUT2D eigenvalue weighted by atomic mass is 32.2. The van der Waals surface area contributed by atoms with Gasteiger partial charge in [0.15, 0.2) is 21.4 Å². The summed E-state index contributed by atoms with van der Waals surface area (Å²) in [5, 5.41) is 2.74. The van der Waals surface area contributed by atoms with Crippen LogP contribution in [-0.2, 0) is 9.84 Å². The van der Waals surface area contributed by atoms with Crippen LogP contribution in [0.5, 0.6) is 5.75 Å². The molecule has 1 aromatic rings. The van der Waals surface area contributed by atoms with Crippen LogP contribution in [0, 0.1) is 5.82 Å². The maximum Gasteiger partial charge on any atom is 0.179 e. The van der Waals surface area contributed by atoms with Crippen molar-refractivity contribution < 1.29 is 17.5 Å². The van der Waals surface area contributed by atoms with Gasteiger partial charge in [-0.05, 0) is 32.2 Å². The molecule has 1 rings (SSSR count). The molecule has 0 aliphatic heterocycles. The minimum absolute atomic E-state index is 0.0197. The zero-order chi connectivity index (χ0) is 12.9. The van der Waals surface area contributed by atoms with E-state index in [9.17, 15) is 12.8 Å². The van der Waals surface area contributed by atoms with Crippen LogP contribution in [0.4, 0.5) is 4.39 Å². The van der Waals surface area contributed by atoms with Crippen molar-refractivity contribution >= 4 is 9.84 Å². The van der Waals surface area contributed by atoms with Gasteiger partial charge in [-0.2, -0.15) is 0 Å². The number of hydrogen-bond acceptors (Lipinski definition) is 4. The second-order valence-electron chi connectivity index (χ2n) is 3.45. The molecule has 1 N–H and O–H groups in total. The predicted octanol–water partition coefficient (Wildman–Crippen LogP) is 1.22. The molecule has 0 saturated carbocycles. The van der Waals surface area contributed by atoms with Crippen molar-refractivity contribution in [2.75, 3.05) is 26.0 Å². The quantitative estimate of drug-likeness (QED) is 0.836. The van der Waals surface area contributed by atoms with E-state index < -0.39 is 15.7 Å². The first kappa shape index (κ1) is 13.9. The lowest BCUT2D eigenvalue weighted by Crippen LogP contribution is -2.19. The summed E-state index contributed by atoms with van der Waals surface area (Å²) in [6.45, 7) is 2.40. The molecule has 17 heavy (non-hydrogen) atoms. The fourth-order valence-electron chi connectivity index (χ4n) is 1.30. The van der Waals surface area contributed by atoms with Crippen molar-refractivity contribution in [1.29, 1.82) is 0 Å². The minimum Gasteiger partial charge on any atom is -0.491 e. The van der Waals surface area contributed by atoms with Gasteiger partial charge in [-0.25, -0.2) is 12.8 Å². The Kier molecular flexibility index (Phi) is 4.89. The van der Waals surface area contributed by atoms with Crippen LogP contribution in [0.1, 0.15) is 6.92 Å². The van der Waals surface area contributed by atoms with Crippen LogP contribution in [0.3, 0.4) is 0 Å². The van der Waals surface area contributed by atoms with E-state index in [-0.39, 0.29) is 16.4 Å². The molecule has 0 atom stereocenters. The summed E-state index contributed by atoms with van der Waals surface area (Å²) in [5.41, 5.74) is 0. The molecule has 0 spiro atoms. The molecule has 1 aromatic carbocycles. The van der Waals surface area contributed by atoms with Gasteiger partial charge in [-0.15, -0.1) is 0 Å². The highest BCUT2D eigenvalue weighted by Crippen LogP contribution is 2.21. The number of hydrogen-bond donors (Lipinski definition) is 1. The Labute approximate surface area is 101 Å². The second kappa shape index (κ2) is 5.97. The Morgan fingerprint density at radius 2 is 2.12 bits per heavy atom. The molecule has 96 valence electrons. The molecule has 0 radical (unpaired) electrons. The monoisotopic (exact) mass is 261 g/mol. The molecule has 0 aromatic heterocycles. The number of benzene rings is 1. The Hall–Kier alpha value is -1.14. The molecule has 0 aliphatic rings. The fraction of sp³-hybridized carbons (Fsp3) is 0.455. The van der Waals surface area contributed by atoms with Crippen LogP contribution in [0.2, 0.25) is 0 Å². The number of ether oxygens (including phenoxy) is 1. The molecule has 0 bridgehead atoms. The first-order valence-electron chi connectivity index (χ1n) is 5.31. The highest BCUT2D eigenvalue weighted by molar-refractivity contribution is 7.91. The molecule has 0 saturated heterocycles. The Balaban J connectivity index is 2.96. The van der Waals surface area contributed by atoms with Gasteiger partial charge in [0.25, 0.3) is 0 Å². The third-order valence-corrected chi connectivity index (χ3v) is 3.90. The van der Waals surface area contributed by atoms with E-state index in [1.54, 1.807) is 14.0 Å². The number of halogens is 1. The Morgan fingerprint density at radius 3 is 2.65 bits per heavy atom. The molecule has 0 heterocycles. The summed E-state index contributed by atoms with van der Waals surface area (Å²) in [5.74, 6) is -0.644. The van der Waals surface area contributed by atoms with E-state index >= 15 is 0 Å². The van der Waals surface area contributed by atoms with E-state index in [2.05, 4.69) is 5.32 Å². The third kappa shape index (κ3) is 3.67. The lowest BCUT2D eigenvalue weighted by Gasteiger charge is -2.07. The molecule has 0 amide bonds. The van der Waals surface area contributed by atoms with E-state index in [0.29, 0.717) is 13.2 Å². The molecular weight excluding hydrogens is 245 g/mol. The molecular formula is C11H16FNO3S. The number of rotatable bonds is 6. The van der Waals surface area contributed by atoms with Gasteiger partial charge in [0.05, 0.1) is 17.3 Å². The zero-order valence-corrected chi connectivity index (χ0v) is 10.7. The molecule has 4 nitrogen and oxygen atoms in total. The Bertz CT molecular complexity index is 474.